The van der Waals surface area contributed by atoms with Crippen LogP contribution in [0.1, 0.15) is 19.1 Å². The van der Waals surface area contributed by atoms with Gasteiger partial charge in [0, 0.05) is 44.1 Å². The van der Waals surface area contributed by atoms with Gasteiger partial charge in [-0.3, -0.25) is 9.80 Å². The molecule has 1 N–H and O–H groups in total. The first kappa shape index (κ1) is 16.1. The lowest BCUT2D eigenvalue weighted by molar-refractivity contribution is 0.0476. The van der Waals surface area contributed by atoms with Crippen LogP contribution in [0.4, 0.5) is 0 Å². The summed E-state index contributed by atoms with van der Waals surface area (Å²) >= 11 is 1.44. The van der Waals surface area contributed by atoms with Crippen LogP contribution in [0.5, 0.6) is 0 Å². The van der Waals surface area contributed by atoms with Gasteiger partial charge in [0.2, 0.25) is 0 Å². The van der Waals surface area contributed by atoms with E-state index >= 15 is 0 Å². The summed E-state index contributed by atoms with van der Waals surface area (Å²) in [6.45, 7) is 5.88. The Morgan fingerprint density at radius 2 is 2.08 bits per heavy atom. The third-order valence-corrected chi connectivity index (χ3v) is 5.62. The molecule has 128 valence electrons. The summed E-state index contributed by atoms with van der Waals surface area (Å²) in [5, 5.41) is 11.4. The molecule has 2 aliphatic rings. The topological polar surface area (TPSA) is 65.6 Å². The van der Waals surface area contributed by atoms with E-state index in [1.165, 1.54) is 11.8 Å². The van der Waals surface area contributed by atoms with Crippen LogP contribution in [-0.4, -0.2) is 62.7 Å². The smallest absolute Gasteiger partial charge is 0.195 e. The van der Waals surface area contributed by atoms with E-state index in [9.17, 15) is 5.11 Å². The highest BCUT2D eigenvalue weighted by Crippen LogP contribution is 2.29. The first-order valence-electron chi connectivity index (χ1n) is 8.37. The van der Waals surface area contributed by atoms with Crippen LogP contribution in [0.2, 0.25) is 0 Å². The van der Waals surface area contributed by atoms with Gasteiger partial charge in [0.15, 0.2) is 10.2 Å². The second kappa shape index (κ2) is 6.84. The lowest BCUT2D eigenvalue weighted by atomic mass is 10.1. The minimum atomic E-state index is -0.167. The van der Waals surface area contributed by atoms with Crippen LogP contribution >= 0.6 is 11.8 Å². The Morgan fingerprint density at radius 1 is 1.25 bits per heavy atom. The van der Waals surface area contributed by atoms with Crippen molar-refractivity contribution < 1.29 is 9.52 Å². The largest absolute Gasteiger partial charge is 0.453 e. The number of nitrogens with zero attached hydrogens (tertiary/aromatic N) is 4. The molecule has 7 heteroatoms. The molecule has 2 saturated heterocycles. The molecule has 0 aliphatic carbocycles. The van der Waals surface area contributed by atoms with Gasteiger partial charge < -0.3 is 9.52 Å². The van der Waals surface area contributed by atoms with Crippen LogP contribution in [0.15, 0.2) is 45.3 Å². The Kier molecular flexibility index (Phi) is 4.58. The number of piperazine rings is 1. The third kappa shape index (κ3) is 3.49. The zero-order valence-electron chi connectivity index (χ0n) is 13.7. The standard InChI is InChI=1S/C17H22N4O2S/c1-12-8-21-10-14(22)7-13(21)9-20(12)11-15-3-4-16(23-15)24-17-18-5-2-6-19-17/h2-6,12-14,22H,7-11H2,1H3/t12-,13?,14+/m0/s1. The quantitative estimate of drug-likeness (QED) is 0.848. The molecular weight excluding hydrogens is 324 g/mol. The number of hydrogen-bond donors (Lipinski definition) is 1. The highest BCUT2D eigenvalue weighted by atomic mass is 32.2. The van der Waals surface area contributed by atoms with E-state index in [0.717, 1.165) is 43.5 Å². The summed E-state index contributed by atoms with van der Waals surface area (Å²) in [5.41, 5.74) is 0. The number of furan rings is 1. The lowest BCUT2D eigenvalue weighted by Crippen LogP contribution is -2.54. The van der Waals surface area contributed by atoms with Crippen molar-refractivity contribution in [2.45, 2.75) is 48.3 Å². The van der Waals surface area contributed by atoms with Gasteiger partial charge in [0.25, 0.3) is 0 Å². The van der Waals surface area contributed by atoms with E-state index in [1.807, 2.05) is 12.1 Å². The van der Waals surface area contributed by atoms with E-state index in [1.54, 1.807) is 18.5 Å². The average molecular weight is 346 g/mol. The van der Waals surface area contributed by atoms with Crippen LogP contribution in [0, 0.1) is 0 Å². The van der Waals surface area contributed by atoms with E-state index in [-0.39, 0.29) is 6.10 Å². The average Bonchev–Trinajstić information content (AvgIpc) is 3.14. The molecule has 24 heavy (non-hydrogen) atoms. The van der Waals surface area contributed by atoms with Crippen molar-refractivity contribution >= 4 is 11.8 Å². The molecule has 4 heterocycles. The maximum Gasteiger partial charge on any atom is 0.195 e. The molecule has 0 amide bonds. The van der Waals surface area contributed by atoms with Gasteiger partial charge in [0.1, 0.15) is 5.76 Å². The lowest BCUT2D eigenvalue weighted by Gasteiger charge is -2.41. The van der Waals surface area contributed by atoms with Crippen molar-refractivity contribution in [2.24, 2.45) is 0 Å². The van der Waals surface area contributed by atoms with Gasteiger partial charge in [0.05, 0.1) is 12.6 Å². The molecule has 0 aromatic carbocycles. The Morgan fingerprint density at radius 3 is 2.92 bits per heavy atom. The number of fused-ring (bicyclic) bond motifs is 1. The normalized spacial score (nSPS) is 28.2. The monoisotopic (exact) mass is 346 g/mol. The molecule has 2 aromatic heterocycles. The van der Waals surface area contributed by atoms with Gasteiger partial charge in [-0.2, -0.15) is 0 Å². The summed E-state index contributed by atoms with van der Waals surface area (Å²) in [4.78, 5) is 13.3. The predicted octanol–water partition coefficient (Wildman–Crippen LogP) is 1.86. The van der Waals surface area contributed by atoms with Crippen LogP contribution in [0.3, 0.4) is 0 Å². The fourth-order valence-electron chi connectivity index (χ4n) is 3.62. The van der Waals surface area contributed by atoms with Crippen LogP contribution in [0.25, 0.3) is 0 Å². The number of aromatic nitrogens is 2. The van der Waals surface area contributed by atoms with Crippen LogP contribution < -0.4 is 0 Å². The highest BCUT2D eigenvalue weighted by molar-refractivity contribution is 7.99. The minimum absolute atomic E-state index is 0.167. The fraction of sp³-hybridized carbons (Fsp3) is 0.529. The molecule has 3 atom stereocenters. The predicted molar refractivity (Wildman–Crippen MR) is 90.7 cm³/mol. The molecule has 0 radical (unpaired) electrons. The molecule has 6 nitrogen and oxygen atoms in total. The zero-order valence-corrected chi connectivity index (χ0v) is 14.5. The summed E-state index contributed by atoms with van der Waals surface area (Å²) in [5.74, 6) is 0.965. The molecule has 1 unspecified atom stereocenters. The summed E-state index contributed by atoms with van der Waals surface area (Å²) in [6, 6.07) is 6.76. The van der Waals surface area contributed by atoms with Crippen molar-refractivity contribution in [3.63, 3.8) is 0 Å². The molecule has 0 saturated carbocycles. The van der Waals surface area contributed by atoms with E-state index in [2.05, 4.69) is 26.7 Å². The van der Waals surface area contributed by atoms with Gasteiger partial charge in [-0.1, -0.05) is 0 Å². The molecule has 0 spiro atoms. The van der Waals surface area contributed by atoms with Gasteiger partial charge >= 0.3 is 0 Å². The van der Waals surface area contributed by atoms with Gasteiger partial charge in [-0.05, 0) is 43.3 Å². The van der Waals surface area contributed by atoms with Crippen molar-refractivity contribution in [1.82, 2.24) is 19.8 Å². The third-order valence-electron chi connectivity index (χ3n) is 4.80. The number of rotatable bonds is 4. The molecule has 2 aromatic rings. The second-order valence-electron chi connectivity index (χ2n) is 6.63. The zero-order chi connectivity index (χ0) is 16.5. The molecular formula is C17H22N4O2S. The fourth-order valence-corrected chi connectivity index (χ4v) is 4.32. The summed E-state index contributed by atoms with van der Waals surface area (Å²) < 4.78 is 5.95. The number of hydrogen-bond acceptors (Lipinski definition) is 7. The SMILES string of the molecule is C[C@H]1CN2C[C@H](O)CC2CN1Cc1ccc(Sc2ncccn2)o1. The Labute approximate surface area is 145 Å². The molecule has 2 aliphatic heterocycles. The Balaban J connectivity index is 1.39. The molecule has 0 bridgehead atoms. The first-order chi connectivity index (χ1) is 11.7. The molecule has 4 rings (SSSR count). The van der Waals surface area contributed by atoms with Gasteiger partial charge in [-0.25, -0.2) is 9.97 Å². The maximum atomic E-state index is 9.87. The molecule has 2 fully saturated rings. The Bertz CT molecular complexity index is 680. The summed E-state index contributed by atoms with van der Waals surface area (Å²) in [6.07, 6.45) is 4.18. The van der Waals surface area contributed by atoms with Crippen molar-refractivity contribution in [3.05, 3.63) is 36.4 Å². The van der Waals surface area contributed by atoms with Gasteiger partial charge in [-0.15, -0.1) is 0 Å². The second-order valence-corrected chi connectivity index (χ2v) is 7.60. The Hall–Kier alpha value is -1.41. The van der Waals surface area contributed by atoms with E-state index in [0.29, 0.717) is 17.2 Å². The van der Waals surface area contributed by atoms with Crippen molar-refractivity contribution in [2.75, 3.05) is 19.6 Å². The van der Waals surface area contributed by atoms with Crippen LogP contribution in [-0.2, 0) is 6.54 Å². The number of aliphatic hydroxyl groups excluding tert-OH is 1. The van der Waals surface area contributed by atoms with E-state index < -0.39 is 0 Å². The minimum Gasteiger partial charge on any atom is -0.453 e. The van der Waals surface area contributed by atoms with Crippen molar-refractivity contribution in [3.8, 4) is 0 Å². The van der Waals surface area contributed by atoms with E-state index in [4.69, 9.17) is 4.42 Å². The van der Waals surface area contributed by atoms with Crippen molar-refractivity contribution in [1.29, 1.82) is 0 Å². The summed E-state index contributed by atoms with van der Waals surface area (Å²) in [7, 11) is 0. The first-order valence-corrected chi connectivity index (χ1v) is 9.19. The maximum absolute atomic E-state index is 9.87. The number of aliphatic hydroxyl groups is 1. The highest BCUT2D eigenvalue weighted by Gasteiger charge is 2.38.